The number of carbonyl (C=O) groups excluding carboxylic acids is 1. The van der Waals surface area contributed by atoms with Gasteiger partial charge in [-0.25, -0.2) is 13.2 Å². The highest BCUT2D eigenvalue weighted by molar-refractivity contribution is 7.89. The maximum Gasteiger partial charge on any atom is 0.338 e. The summed E-state index contributed by atoms with van der Waals surface area (Å²) >= 11 is 0. The van der Waals surface area contributed by atoms with Crippen molar-refractivity contribution in [1.29, 1.82) is 0 Å². The first-order valence-electron chi connectivity index (χ1n) is 8.07. The van der Waals surface area contributed by atoms with Crippen molar-refractivity contribution in [3.8, 4) is 0 Å². The van der Waals surface area contributed by atoms with Crippen LogP contribution >= 0.6 is 0 Å². The fraction of sp³-hybridized carbons (Fsp3) is 0.316. The summed E-state index contributed by atoms with van der Waals surface area (Å²) in [6.07, 6.45) is -0.424. The summed E-state index contributed by atoms with van der Waals surface area (Å²) in [7, 11) is -2.13. The van der Waals surface area contributed by atoms with Gasteiger partial charge in [0.05, 0.1) is 10.5 Å². The molecule has 0 N–H and O–H groups in total. The molecule has 0 fully saturated rings. The first-order valence-corrected chi connectivity index (χ1v) is 9.51. The third-order valence-electron chi connectivity index (χ3n) is 4.03. The number of nitrogens with zero attached hydrogens (tertiary/aromatic N) is 1. The Morgan fingerprint density at radius 3 is 2.24 bits per heavy atom. The molecule has 0 saturated carbocycles. The van der Waals surface area contributed by atoms with E-state index in [0.717, 1.165) is 5.56 Å². The van der Waals surface area contributed by atoms with Gasteiger partial charge in [-0.15, -0.1) is 0 Å². The van der Waals surface area contributed by atoms with Crippen molar-refractivity contribution in [2.24, 2.45) is 0 Å². The predicted octanol–water partition coefficient (Wildman–Crippen LogP) is 3.63. The van der Waals surface area contributed by atoms with Crippen LogP contribution in [-0.2, 0) is 14.8 Å². The Balaban J connectivity index is 2.22. The van der Waals surface area contributed by atoms with E-state index in [9.17, 15) is 13.2 Å². The molecule has 0 amide bonds. The number of carbonyl (C=O) groups is 1. The van der Waals surface area contributed by atoms with Crippen LogP contribution in [0.15, 0.2) is 59.5 Å². The zero-order chi connectivity index (χ0) is 18.6. The number of ether oxygens (including phenoxy) is 1. The minimum atomic E-state index is -3.65. The Labute approximate surface area is 149 Å². The standard InChI is InChI=1S/C19H23NO4S/c1-14(2)20(4)25(22,23)18-12-8-11-17(13-18)19(21)24-15(3)16-9-6-5-7-10-16/h5-15H,1-4H3/t15-/m1/s1. The van der Waals surface area contributed by atoms with Gasteiger partial charge in [0.25, 0.3) is 0 Å². The summed E-state index contributed by atoms with van der Waals surface area (Å²) < 4.78 is 31.9. The van der Waals surface area contributed by atoms with Crippen molar-refractivity contribution in [2.75, 3.05) is 7.05 Å². The zero-order valence-corrected chi connectivity index (χ0v) is 15.7. The van der Waals surface area contributed by atoms with E-state index in [0.29, 0.717) is 0 Å². The summed E-state index contributed by atoms with van der Waals surface area (Å²) in [5, 5.41) is 0. The van der Waals surface area contributed by atoms with Crippen LogP contribution in [0.5, 0.6) is 0 Å². The van der Waals surface area contributed by atoms with E-state index in [-0.39, 0.29) is 16.5 Å². The van der Waals surface area contributed by atoms with Crippen molar-refractivity contribution in [2.45, 2.75) is 37.8 Å². The van der Waals surface area contributed by atoms with Crippen LogP contribution in [0.2, 0.25) is 0 Å². The third-order valence-corrected chi connectivity index (χ3v) is 6.06. The number of esters is 1. The molecule has 0 bridgehead atoms. The topological polar surface area (TPSA) is 63.7 Å². The Bertz CT molecular complexity index is 832. The van der Waals surface area contributed by atoms with E-state index >= 15 is 0 Å². The normalized spacial score (nSPS) is 13.0. The van der Waals surface area contributed by atoms with Gasteiger partial charge in [-0.2, -0.15) is 4.31 Å². The molecular formula is C19H23NO4S. The van der Waals surface area contributed by atoms with Gasteiger partial charge in [0.1, 0.15) is 6.10 Å². The number of hydrogen-bond donors (Lipinski definition) is 0. The minimum absolute atomic E-state index is 0.0746. The maximum absolute atomic E-state index is 12.6. The summed E-state index contributed by atoms with van der Waals surface area (Å²) in [5.74, 6) is -0.555. The first-order chi connectivity index (χ1) is 11.7. The summed E-state index contributed by atoms with van der Waals surface area (Å²) in [4.78, 5) is 12.5. The lowest BCUT2D eigenvalue weighted by molar-refractivity contribution is 0.0337. The average molecular weight is 361 g/mol. The Kier molecular flexibility index (Phi) is 5.98. The molecule has 0 radical (unpaired) electrons. The molecule has 25 heavy (non-hydrogen) atoms. The summed E-state index contributed by atoms with van der Waals surface area (Å²) in [6, 6.07) is 15.1. The molecule has 2 aromatic rings. The molecule has 0 aliphatic heterocycles. The van der Waals surface area contributed by atoms with Crippen LogP contribution in [0.3, 0.4) is 0 Å². The second-order valence-corrected chi connectivity index (χ2v) is 8.10. The van der Waals surface area contributed by atoms with Gasteiger partial charge >= 0.3 is 5.97 Å². The second kappa shape index (κ2) is 7.80. The third kappa shape index (κ3) is 4.46. The Hall–Kier alpha value is -2.18. The van der Waals surface area contributed by atoms with Crippen LogP contribution in [-0.4, -0.2) is 31.8 Å². The lowest BCUT2D eigenvalue weighted by Crippen LogP contribution is -2.33. The maximum atomic E-state index is 12.6. The average Bonchev–Trinajstić information content (AvgIpc) is 2.61. The molecular weight excluding hydrogens is 338 g/mol. The lowest BCUT2D eigenvalue weighted by atomic mass is 10.1. The quantitative estimate of drug-likeness (QED) is 0.737. The molecule has 2 aromatic carbocycles. The highest BCUT2D eigenvalue weighted by Gasteiger charge is 2.24. The molecule has 0 saturated heterocycles. The van der Waals surface area contributed by atoms with Crippen molar-refractivity contribution in [3.05, 3.63) is 65.7 Å². The Morgan fingerprint density at radius 1 is 1.00 bits per heavy atom. The molecule has 1 atom stereocenters. The molecule has 0 aliphatic rings. The van der Waals surface area contributed by atoms with Crippen molar-refractivity contribution in [1.82, 2.24) is 4.31 Å². The minimum Gasteiger partial charge on any atom is -0.454 e. The molecule has 0 heterocycles. The van der Waals surface area contributed by atoms with E-state index in [1.807, 2.05) is 30.3 Å². The molecule has 0 unspecified atom stereocenters. The van der Waals surface area contributed by atoms with Gasteiger partial charge in [0.15, 0.2) is 0 Å². The largest absolute Gasteiger partial charge is 0.454 e. The predicted molar refractivity (Wildman–Crippen MR) is 96.8 cm³/mol. The van der Waals surface area contributed by atoms with Gasteiger partial charge < -0.3 is 4.74 Å². The number of benzene rings is 2. The van der Waals surface area contributed by atoms with Crippen LogP contribution < -0.4 is 0 Å². The molecule has 0 aliphatic carbocycles. The molecule has 6 heteroatoms. The van der Waals surface area contributed by atoms with E-state index in [1.165, 1.54) is 23.5 Å². The highest BCUT2D eigenvalue weighted by Crippen LogP contribution is 2.21. The molecule has 134 valence electrons. The van der Waals surface area contributed by atoms with Crippen LogP contribution in [0.1, 0.15) is 42.8 Å². The van der Waals surface area contributed by atoms with E-state index < -0.39 is 22.1 Å². The summed E-state index contributed by atoms with van der Waals surface area (Å²) in [6.45, 7) is 5.36. The van der Waals surface area contributed by atoms with Gasteiger partial charge in [0, 0.05) is 13.1 Å². The van der Waals surface area contributed by atoms with Crippen LogP contribution in [0, 0.1) is 0 Å². The molecule has 2 rings (SSSR count). The van der Waals surface area contributed by atoms with Gasteiger partial charge in [-0.05, 0) is 44.5 Å². The van der Waals surface area contributed by atoms with Crippen molar-refractivity contribution >= 4 is 16.0 Å². The van der Waals surface area contributed by atoms with E-state index in [2.05, 4.69) is 0 Å². The first kappa shape index (κ1) is 19.1. The molecule has 0 spiro atoms. The molecule has 0 aromatic heterocycles. The fourth-order valence-electron chi connectivity index (χ4n) is 2.25. The highest BCUT2D eigenvalue weighted by atomic mass is 32.2. The van der Waals surface area contributed by atoms with Crippen LogP contribution in [0.25, 0.3) is 0 Å². The molecule has 5 nitrogen and oxygen atoms in total. The Morgan fingerprint density at radius 2 is 1.64 bits per heavy atom. The summed E-state index contributed by atoms with van der Waals surface area (Å²) in [5.41, 5.74) is 1.08. The van der Waals surface area contributed by atoms with Gasteiger partial charge in [-0.1, -0.05) is 36.4 Å². The number of sulfonamides is 1. The van der Waals surface area contributed by atoms with Crippen LogP contribution in [0.4, 0.5) is 0 Å². The fourth-order valence-corrected chi connectivity index (χ4v) is 3.66. The van der Waals surface area contributed by atoms with Crippen molar-refractivity contribution < 1.29 is 17.9 Å². The zero-order valence-electron chi connectivity index (χ0n) is 14.8. The van der Waals surface area contributed by atoms with Crippen molar-refractivity contribution in [3.63, 3.8) is 0 Å². The van der Waals surface area contributed by atoms with E-state index in [4.69, 9.17) is 4.74 Å². The number of hydrogen-bond acceptors (Lipinski definition) is 4. The monoisotopic (exact) mass is 361 g/mol. The second-order valence-electron chi connectivity index (χ2n) is 6.10. The van der Waals surface area contributed by atoms with Gasteiger partial charge in [-0.3, -0.25) is 0 Å². The lowest BCUT2D eigenvalue weighted by Gasteiger charge is -2.21. The number of rotatable bonds is 6. The smallest absolute Gasteiger partial charge is 0.338 e. The van der Waals surface area contributed by atoms with Gasteiger partial charge in [0.2, 0.25) is 10.0 Å². The SMILES string of the molecule is CC(C)N(C)S(=O)(=O)c1cccc(C(=O)O[C@H](C)c2ccccc2)c1. The van der Waals surface area contributed by atoms with E-state index in [1.54, 1.807) is 32.9 Å².